The minimum Gasteiger partial charge on any atom is -0.395 e. The van der Waals surface area contributed by atoms with Crippen LogP contribution >= 0.6 is 0 Å². The molecule has 0 aliphatic carbocycles. The van der Waals surface area contributed by atoms with Crippen LogP contribution in [0.4, 0.5) is 11.5 Å². The summed E-state index contributed by atoms with van der Waals surface area (Å²) >= 11 is 0. The van der Waals surface area contributed by atoms with Crippen molar-refractivity contribution in [3.8, 4) is 0 Å². The van der Waals surface area contributed by atoms with Gasteiger partial charge in [-0.05, 0) is 13.8 Å². The summed E-state index contributed by atoms with van der Waals surface area (Å²) in [7, 11) is 1.48. The molecule has 0 saturated heterocycles. The van der Waals surface area contributed by atoms with E-state index >= 15 is 0 Å². The Morgan fingerprint density at radius 3 is 2.53 bits per heavy atom. The van der Waals surface area contributed by atoms with Crippen LogP contribution in [0.15, 0.2) is 9.59 Å². The van der Waals surface area contributed by atoms with Crippen LogP contribution in [0.2, 0.25) is 0 Å². The Kier molecular flexibility index (Phi) is 3.95. The molecule has 1 rings (SSSR count). The molecule has 0 spiro atoms. The third kappa shape index (κ3) is 2.50. The average Bonchev–Trinajstić information content (AvgIpc) is 2.24. The molecule has 0 radical (unpaired) electrons. The first kappa shape index (κ1) is 13.3. The number of H-pyrrole nitrogens is 1. The SMILES string of the molecule is CC(C)N(CCO)c1c(N)n(C)c(=O)[nH]c1=O. The van der Waals surface area contributed by atoms with E-state index in [4.69, 9.17) is 10.8 Å². The van der Waals surface area contributed by atoms with Gasteiger partial charge in [0.05, 0.1) is 6.61 Å². The zero-order valence-electron chi connectivity index (χ0n) is 10.2. The number of hydrogen-bond acceptors (Lipinski definition) is 5. The van der Waals surface area contributed by atoms with Crippen LogP contribution in [0, 0.1) is 0 Å². The summed E-state index contributed by atoms with van der Waals surface area (Å²) in [6.07, 6.45) is 0. The number of aliphatic hydroxyl groups excluding tert-OH is 1. The van der Waals surface area contributed by atoms with E-state index in [0.717, 1.165) is 0 Å². The van der Waals surface area contributed by atoms with Gasteiger partial charge < -0.3 is 15.7 Å². The van der Waals surface area contributed by atoms with E-state index in [1.165, 1.54) is 11.6 Å². The molecule has 0 aromatic carbocycles. The smallest absolute Gasteiger partial charge is 0.329 e. The lowest BCUT2D eigenvalue weighted by atomic mass is 10.2. The molecule has 4 N–H and O–H groups in total. The monoisotopic (exact) mass is 242 g/mol. The number of nitrogen functional groups attached to an aromatic ring is 1. The Hall–Kier alpha value is -1.76. The van der Waals surface area contributed by atoms with Crippen LogP contribution in [0.1, 0.15) is 13.8 Å². The fourth-order valence-corrected chi connectivity index (χ4v) is 1.64. The predicted molar refractivity (Wildman–Crippen MR) is 66.3 cm³/mol. The largest absolute Gasteiger partial charge is 0.395 e. The van der Waals surface area contributed by atoms with Gasteiger partial charge in [0, 0.05) is 19.6 Å². The van der Waals surface area contributed by atoms with E-state index in [9.17, 15) is 9.59 Å². The molecule has 0 fully saturated rings. The van der Waals surface area contributed by atoms with Crippen molar-refractivity contribution >= 4 is 11.5 Å². The first-order chi connectivity index (χ1) is 7.90. The normalized spacial score (nSPS) is 10.9. The van der Waals surface area contributed by atoms with Gasteiger partial charge in [-0.15, -0.1) is 0 Å². The molecule has 7 heteroatoms. The van der Waals surface area contributed by atoms with Crippen molar-refractivity contribution in [2.45, 2.75) is 19.9 Å². The highest BCUT2D eigenvalue weighted by atomic mass is 16.3. The summed E-state index contributed by atoms with van der Waals surface area (Å²) in [4.78, 5) is 26.9. The first-order valence-corrected chi connectivity index (χ1v) is 5.36. The van der Waals surface area contributed by atoms with Crippen LogP contribution < -0.4 is 21.9 Å². The number of nitrogens with zero attached hydrogens (tertiary/aromatic N) is 2. The summed E-state index contributed by atoms with van der Waals surface area (Å²) in [5, 5.41) is 8.99. The maximum atomic E-state index is 11.8. The number of hydrogen-bond donors (Lipinski definition) is 3. The van der Waals surface area contributed by atoms with Gasteiger partial charge in [-0.2, -0.15) is 0 Å². The molecule has 0 aliphatic heterocycles. The first-order valence-electron chi connectivity index (χ1n) is 5.36. The Bertz CT molecular complexity index is 503. The molecule has 0 aliphatic rings. The molecular formula is C10H18N4O3. The molecule has 17 heavy (non-hydrogen) atoms. The van der Waals surface area contributed by atoms with Gasteiger partial charge in [0.25, 0.3) is 5.56 Å². The van der Waals surface area contributed by atoms with Crippen molar-refractivity contribution in [1.29, 1.82) is 0 Å². The molecule has 1 aromatic heterocycles. The van der Waals surface area contributed by atoms with E-state index in [-0.39, 0.29) is 30.7 Å². The third-order valence-corrected chi connectivity index (χ3v) is 2.60. The Balaban J connectivity index is 3.43. The van der Waals surface area contributed by atoms with E-state index in [2.05, 4.69) is 4.98 Å². The van der Waals surface area contributed by atoms with E-state index in [1.54, 1.807) is 4.90 Å². The number of aliphatic hydroxyl groups is 1. The molecule has 0 atom stereocenters. The van der Waals surface area contributed by atoms with E-state index in [0.29, 0.717) is 0 Å². The summed E-state index contributed by atoms with van der Waals surface area (Å²) in [6, 6.07) is -0.0111. The van der Waals surface area contributed by atoms with E-state index in [1.807, 2.05) is 13.8 Å². The van der Waals surface area contributed by atoms with E-state index < -0.39 is 11.2 Å². The topological polar surface area (TPSA) is 104 Å². The highest BCUT2D eigenvalue weighted by molar-refractivity contribution is 5.62. The minimum absolute atomic E-state index is 0.0111. The third-order valence-electron chi connectivity index (χ3n) is 2.60. The minimum atomic E-state index is -0.552. The highest BCUT2D eigenvalue weighted by Gasteiger charge is 2.19. The molecule has 96 valence electrons. The maximum absolute atomic E-state index is 11.8. The van der Waals surface area contributed by atoms with Crippen LogP contribution in [-0.2, 0) is 7.05 Å². The van der Waals surface area contributed by atoms with Gasteiger partial charge in [0.2, 0.25) is 0 Å². The van der Waals surface area contributed by atoms with Gasteiger partial charge in [-0.3, -0.25) is 14.3 Å². The standard InChI is InChI=1S/C10H18N4O3/c1-6(2)14(4-5-15)7-8(11)13(3)10(17)12-9(7)16/h6,15H,4-5,11H2,1-3H3,(H,12,16,17). The fraction of sp³-hybridized carbons (Fsp3) is 0.600. The zero-order valence-corrected chi connectivity index (χ0v) is 10.2. The second kappa shape index (κ2) is 5.05. The average molecular weight is 242 g/mol. The number of aromatic amines is 1. The summed E-state index contributed by atoms with van der Waals surface area (Å²) < 4.78 is 1.17. The second-order valence-electron chi connectivity index (χ2n) is 4.06. The van der Waals surface area contributed by atoms with Crippen molar-refractivity contribution < 1.29 is 5.11 Å². The number of nitrogens with two attached hydrogens (primary N) is 1. The molecule has 0 amide bonds. The Labute approximate surface area is 98.5 Å². The number of aromatic nitrogens is 2. The molecule has 1 heterocycles. The highest BCUT2D eigenvalue weighted by Crippen LogP contribution is 2.17. The van der Waals surface area contributed by atoms with Crippen molar-refractivity contribution in [3.63, 3.8) is 0 Å². The summed E-state index contributed by atoms with van der Waals surface area (Å²) in [6.45, 7) is 3.93. The molecule has 0 saturated carbocycles. The molecule has 0 unspecified atom stereocenters. The molecule has 1 aromatic rings. The number of anilines is 2. The lowest BCUT2D eigenvalue weighted by Crippen LogP contribution is -2.41. The quantitative estimate of drug-likeness (QED) is 0.619. The van der Waals surface area contributed by atoms with Gasteiger partial charge in [-0.1, -0.05) is 0 Å². The van der Waals surface area contributed by atoms with Crippen molar-refractivity contribution in [3.05, 3.63) is 20.8 Å². The Morgan fingerprint density at radius 1 is 1.47 bits per heavy atom. The van der Waals surface area contributed by atoms with Crippen molar-refractivity contribution in [2.75, 3.05) is 23.8 Å². The van der Waals surface area contributed by atoms with Crippen molar-refractivity contribution in [2.24, 2.45) is 7.05 Å². The van der Waals surface area contributed by atoms with Gasteiger partial charge in [0.1, 0.15) is 11.5 Å². The van der Waals surface area contributed by atoms with Crippen LogP contribution in [0.25, 0.3) is 0 Å². The summed E-state index contributed by atoms with van der Waals surface area (Å²) in [5.74, 6) is 0.0981. The lowest BCUT2D eigenvalue weighted by Gasteiger charge is -2.28. The second-order valence-corrected chi connectivity index (χ2v) is 4.06. The zero-order chi connectivity index (χ0) is 13.2. The lowest BCUT2D eigenvalue weighted by molar-refractivity contribution is 0.299. The number of nitrogens with one attached hydrogen (secondary N) is 1. The van der Waals surface area contributed by atoms with Crippen LogP contribution in [-0.4, -0.2) is 33.9 Å². The maximum Gasteiger partial charge on any atom is 0.329 e. The molecule has 7 nitrogen and oxygen atoms in total. The van der Waals surface area contributed by atoms with Crippen LogP contribution in [0.5, 0.6) is 0 Å². The molecular weight excluding hydrogens is 224 g/mol. The van der Waals surface area contributed by atoms with Crippen LogP contribution in [0.3, 0.4) is 0 Å². The van der Waals surface area contributed by atoms with Crippen molar-refractivity contribution in [1.82, 2.24) is 9.55 Å². The predicted octanol–water partition coefficient (Wildman–Crippen LogP) is -1.14. The molecule has 0 bridgehead atoms. The summed E-state index contributed by atoms with van der Waals surface area (Å²) in [5.41, 5.74) is 4.91. The van der Waals surface area contributed by atoms with Gasteiger partial charge in [0.15, 0.2) is 0 Å². The van der Waals surface area contributed by atoms with Gasteiger partial charge >= 0.3 is 5.69 Å². The van der Waals surface area contributed by atoms with Gasteiger partial charge in [-0.25, -0.2) is 4.79 Å². The fourth-order valence-electron chi connectivity index (χ4n) is 1.64. The Morgan fingerprint density at radius 2 is 2.06 bits per heavy atom. The number of rotatable bonds is 4.